The normalized spacial score (nSPS) is 16.0. The number of para-hydroxylation sites is 1. The average molecular weight is 255 g/mol. The molecule has 3 nitrogen and oxygen atoms in total. The molecule has 4 heteroatoms. The number of hydrogen-bond acceptors (Lipinski definition) is 2. The molecule has 1 aliphatic rings. The second-order valence-electron chi connectivity index (χ2n) is 4.29. The number of nitrogen functional groups attached to an aromatic ring is 1. The summed E-state index contributed by atoms with van der Waals surface area (Å²) in [7, 11) is 0. The molecule has 0 spiro atoms. The molecule has 17 heavy (non-hydrogen) atoms. The van der Waals surface area contributed by atoms with Crippen molar-refractivity contribution in [2.45, 2.75) is 38.2 Å². The molecule has 0 saturated heterocycles. The summed E-state index contributed by atoms with van der Waals surface area (Å²) in [5.74, 6) is 0.827. The van der Waals surface area contributed by atoms with E-state index in [2.05, 4.69) is 0 Å². The van der Waals surface area contributed by atoms with Crippen LogP contribution in [0.1, 0.15) is 37.7 Å². The smallest absolute Gasteiger partial charge is 0.130 e. The van der Waals surface area contributed by atoms with Gasteiger partial charge in [0.1, 0.15) is 11.6 Å². The SMILES string of the molecule is Cl.N=C(N)c1ccccc1OC1CCCCC1. The van der Waals surface area contributed by atoms with Crippen LogP contribution in [0.5, 0.6) is 5.75 Å². The van der Waals surface area contributed by atoms with E-state index in [1.165, 1.54) is 19.3 Å². The zero-order valence-corrected chi connectivity index (χ0v) is 10.6. The topological polar surface area (TPSA) is 59.1 Å². The zero-order chi connectivity index (χ0) is 11.4. The van der Waals surface area contributed by atoms with Gasteiger partial charge in [0.25, 0.3) is 0 Å². The van der Waals surface area contributed by atoms with Crippen molar-refractivity contribution >= 4 is 18.2 Å². The Kier molecular flexibility index (Phi) is 5.29. The summed E-state index contributed by atoms with van der Waals surface area (Å²) in [4.78, 5) is 0. The van der Waals surface area contributed by atoms with E-state index in [4.69, 9.17) is 15.9 Å². The molecule has 3 N–H and O–H groups in total. The number of halogens is 1. The fourth-order valence-corrected chi connectivity index (χ4v) is 2.15. The number of amidine groups is 1. The van der Waals surface area contributed by atoms with Crippen LogP contribution in [-0.4, -0.2) is 11.9 Å². The number of nitrogens with one attached hydrogen (secondary N) is 1. The summed E-state index contributed by atoms with van der Waals surface area (Å²) < 4.78 is 5.93. The van der Waals surface area contributed by atoms with E-state index in [9.17, 15) is 0 Å². The Morgan fingerprint density at radius 3 is 2.47 bits per heavy atom. The van der Waals surface area contributed by atoms with Crippen molar-refractivity contribution < 1.29 is 4.74 Å². The lowest BCUT2D eigenvalue weighted by atomic mass is 9.97. The number of ether oxygens (including phenoxy) is 1. The van der Waals surface area contributed by atoms with Crippen LogP contribution in [0.15, 0.2) is 24.3 Å². The Bertz CT molecular complexity index is 375. The highest BCUT2D eigenvalue weighted by molar-refractivity contribution is 5.97. The highest BCUT2D eigenvalue weighted by Crippen LogP contribution is 2.25. The minimum atomic E-state index is 0. The highest BCUT2D eigenvalue weighted by Gasteiger charge is 2.16. The quantitative estimate of drug-likeness (QED) is 0.643. The third-order valence-electron chi connectivity index (χ3n) is 3.02. The molecule has 0 unspecified atom stereocenters. The predicted molar refractivity (Wildman–Crippen MR) is 72.2 cm³/mol. The average Bonchev–Trinajstić information content (AvgIpc) is 2.31. The molecule has 94 valence electrons. The van der Waals surface area contributed by atoms with Crippen molar-refractivity contribution in [3.63, 3.8) is 0 Å². The van der Waals surface area contributed by atoms with Crippen LogP contribution in [-0.2, 0) is 0 Å². The zero-order valence-electron chi connectivity index (χ0n) is 9.82. The van der Waals surface area contributed by atoms with Crippen molar-refractivity contribution in [3.8, 4) is 5.75 Å². The maximum absolute atomic E-state index is 7.49. The molecule has 0 radical (unpaired) electrons. The maximum Gasteiger partial charge on any atom is 0.130 e. The van der Waals surface area contributed by atoms with Gasteiger partial charge in [0.2, 0.25) is 0 Å². The number of nitrogens with two attached hydrogens (primary N) is 1. The van der Waals surface area contributed by atoms with Gasteiger partial charge in [0, 0.05) is 0 Å². The van der Waals surface area contributed by atoms with E-state index < -0.39 is 0 Å². The molecule has 0 aliphatic heterocycles. The first-order chi connectivity index (χ1) is 7.77. The lowest BCUT2D eigenvalue weighted by molar-refractivity contribution is 0.154. The first-order valence-electron chi connectivity index (χ1n) is 5.87. The summed E-state index contributed by atoms with van der Waals surface area (Å²) >= 11 is 0. The molecular weight excluding hydrogens is 236 g/mol. The van der Waals surface area contributed by atoms with Gasteiger partial charge in [0.05, 0.1) is 11.7 Å². The fourth-order valence-electron chi connectivity index (χ4n) is 2.15. The third-order valence-corrected chi connectivity index (χ3v) is 3.02. The van der Waals surface area contributed by atoms with E-state index >= 15 is 0 Å². The van der Waals surface area contributed by atoms with Crippen LogP contribution in [0, 0.1) is 5.41 Å². The van der Waals surface area contributed by atoms with Gasteiger partial charge in [0.15, 0.2) is 0 Å². The van der Waals surface area contributed by atoms with Crippen LogP contribution in [0.2, 0.25) is 0 Å². The van der Waals surface area contributed by atoms with E-state index in [1.807, 2.05) is 24.3 Å². The highest BCUT2D eigenvalue weighted by atomic mass is 35.5. The van der Waals surface area contributed by atoms with Crippen LogP contribution < -0.4 is 10.5 Å². The molecule has 0 amide bonds. The molecule has 0 heterocycles. The van der Waals surface area contributed by atoms with Gasteiger partial charge in [-0.2, -0.15) is 0 Å². The largest absolute Gasteiger partial charge is 0.490 e. The summed E-state index contributed by atoms with van der Waals surface area (Å²) in [6.07, 6.45) is 6.33. The molecule has 0 atom stereocenters. The monoisotopic (exact) mass is 254 g/mol. The van der Waals surface area contributed by atoms with E-state index in [0.29, 0.717) is 11.7 Å². The predicted octanol–water partition coefficient (Wildman–Crippen LogP) is 3.10. The molecule has 2 rings (SSSR count). The van der Waals surface area contributed by atoms with Crippen LogP contribution in [0.4, 0.5) is 0 Å². The molecular formula is C13H19ClN2O. The number of hydrogen-bond donors (Lipinski definition) is 2. The Hall–Kier alpha value is -1.22. The van der Waals surface area contributed by atoms with Crippen molar-refractivity contribution in [3.05, 3.63) is 29.8 Å². The van der Waals surface area contributed by atoms with Gasteiger partial charge in [-0.1, -0.05) is 18.6 Å². The first kappa shape index (κ1) is 13.8. The minimum Gasteiger partial charge on any atom is -0.490 e. The number of rotatable bonds is 3. The summed E-state index contributed by atoms with van der Waals surface area (Å²) in [5.41, 5.74) is 6.22. The van der Waals surface area contributed by atoms with Crippen molar-refractivity contribution in [1.29, 1.82) is 5.41 Å². The van der Waals surface area contributed by atoms with Crippen LogP contribution in [0.3, 0.4) is 0 Å². The third kappa shape index (κ3) is 3.63. The molecule has 1 fully saturated rings. The summed E-state index contributed by atoms with van der Waals surface area (Å²) in [6.45, 7) is 0. The standard InChI is InChI=1S/C13H18N2O.ClH/c14-13(15)11-8-4-5-9-12(11)16-10-6-2-1-3-7-10;/h4-5,8-10H,1-3,6-7H2,(H3,14,15);1H. The lowest BCUT2D eigenvalue weighted by Gasteiger charge is -2.24. The Balaban J connectivity index is 0.00000144. The molecule has 1 aliphatic carbocycles. The number of benzene rings is 1. The van der Waals surface area contributed by atoms with Gasteiger partial charge >= 0.3 is 0 Å². The lowest BCUT2D eigenvalue weighted by Crippen LogP contribution is -2.22. The van der Waals surface area contributed by atoms with Gasteiger partial charge in [-0.3, -0.25) is 5.41 Å². The molecule has 0 bridgehead atoms. The molecule has 0 aromatic heterocycles. The Morgan fingerprint density at radius 2 is 1.82 bits per heavy atom. The first-order valence-corrected chi connectivity index (χ1v) is 5.87. The van der Waals surface area contributed by atoms with E-state index in [1.54, 1.807) is 0 Å². The fraction of sp³-hybridized carbons (Fsp3) is 0.462. The summed E-state index contributed by atoms with van der Waals surface area (Å²) in [5, 5.41) is 7.49. The second-order valence-corrected chi connectivity index (χ2v) is 4.29. The van der Waals surface area contributed by atoms with Crippen molar-refractivity contribution in [2.24, 2.45) is 5.73 Å². The van der Waals surface area contributed by atoms with Gasteiger partial charge in [-0.15, -0.1) is 12.4 Å². The molecule has 1 aromatic rings. The molecule has 1 saturated carbocycles. The molecule has 1 aromatic carbocycles. The van der Waals surface area contributed by atoms with Gasteiger partial charge in [-0.05, 0) is 37.8 Å². The Labute approximate surface area is 108 Å². The van der Waals surface area contributed by atoms with Gasteiger partial charge in [-0.25, -0.2) is 0 Å². The van der Waals surface area contributed by atoms with E-state index in [-0.39, 0.29) is 18.2 Å². The Morgan fingerprint density at radius 1 is 1.18 bits per heavy atom. The second kappa shape index (κ2) is 6.50. The van der Waals surface area contributed by atoms with Crippen LogP contribution in [0.25, 0.3) is 0 Å². The van der Waals surface area contributed by atoms with Crippen molar-refractivity contribution in [1.82, 2.24) is 0 Å². The van der Waals surface area contributed by atoms with Gasteiger partial charge < -0.3 is 10.5 Å². The van der Waals surface area contributed by atoms with Crippen LogP contribution >= 0.6 is 12.4 Å². The minimum absolute atomic E-state index is 0. The maximum atomic E-state index is 7.49. The summed E-state index contributed by atoms with van der Waals surface area (Å²) in [6, 6.07) is 7.53. The van der Waals surface area contributed by atoms with E-state index in [0.717, 1.165) is 18.6 Å². The van der Waals surface area contributed by atoms with Crippen molar-refractivity contribution in [2.75, 3.05) is 0 Å².